The number of halogens is 1. The van der Waals surface area contributed by atoms with Crippen LogP contribution in [-0.2, 0) is 14.8 Å². The molecule has 0 saturated carbocycles. The Labute approximate surface area is 206 Å². The van der Waals surface area contributed by atoms with E-state index in [2.05, 4.69) is 19.0 Å². The highest BCUT2D eigenvalue weighted by Gasteiger charge is 2.27. The summed E-state index contributed by atoms with van der Waals surface area (Å²) in [5.41, 5.74) is 1.31. The molecule has 1 aliphatic rings. The molecule has 0 unspecified atom stereocenters. The van der Waals surface area contributed by atoms with Gasteiger partial charge in [-0.05, 0) is 43.3 Å². The van der Waals surface area contributed by atoms with E-state index in [0.29, 0.717) is 31.7 Å². The number of para-hydroxylation sites is 1. The first-order chi connectivity index (χ1) is 16.8. The molecule has 5 rings (SSSR count). The maximum atomic E-state index is 14.4. The molecule has 0 spiro atoms. The van der Waals surface area contributed by atoms with Crippen LogP contribution >= 0.6 is 11.5 Å². The van der Waals surface area contributed by atoms with E-state index in [4.69, 9.17) is 0 Å². The number of carbonyl (C=O) groups is 1. The van der Waals surface area contributed by atoms with Crippen LogP contribution in [0.25, 0.3) is 10.9 Å². The average molecular weight is 515 g/mol. The highest BCUT2D eigenvalue weighted by atomic mass is 32.2. The van der Waals surface area contributed by atoms with Crippen molar-refractivity contribution < 1.29 is 17.6 Å². The largest absolute Gasteiger partial charge is 0.368 e. The van der Waals surface area contributed by atoms with E-state index in [1.807, 2.05) is 12.1 Å². The molecule has 1 fully saturated rings. The van der Waals surface area contributed by atoms with Crippen molar-refractivity contribution in [1.29, 1.82) is 0 Å². The molecule has 1 atom stereocenters. The predicted octanol–water partition coefficient (Wildman–Crippen LogP) is 3.34. The summed E-state index contributed by atoms with van der Waals surface area (Å²) >= 11 is 0.963. The number of amides is 1. The van der Waals surface area contributed by atoms with Crippen LogP contribution in [0.1, 0.15) is 13.0 Å². The van der Waals surface area contributed by atoms with Crippen molar-refractivity contribution in [2.24, 2.45) is 0 Å². The number of sulfonamides is 1. The van der Waals surface area contributed by atoms with Gasteiger partial charge in [0.05, 0.1) is 10.4 Å². The summed E-state index contributed by atoms with van der Waals surface area (Å²) in [6, 6.07) is 12.8. The number of hydrogen-bond acceptors (Lipinski definition) is 7. The van der Waals surface area contributed by atoms with Crippen LogP contribution in [0.15, 0.2) is 66.0 Å². The molecule has 9 nitrogen and oxygen atoms in total. The van der Waals surface area contributed by atoms with Gasteiger partial charge in [-0.2, -0.15) is 4.37 Å². The quantitative estimate of drug-likeness (QED) is 0.424. The second kappa shape index (κ2) is 9.27. The fourth-order valence-corrected chi connectivity index (χ4v) is 5.95. The second-order valence-corrected chi connectivity index (χ2v) is 10.7. The Balaban J connectivity index is 1.22. The second-order valence-electron chi connectivity index (χ2n) is 8.23. The molecular weight excluding hydrogens is 491 g/mol. The first kappa shape index (κ1) is 23.2. The van der Waals surface area contributed by atoms with Crippen molar-refractivity contribution in [3.8, 4) is 0 Å². The molecule has 2 aromatic carbocycles. The van der Waals surface area contributed by atoms with Gasteiger partial charge in [-0.15, -0.1) is 0 Å². The molecule has 1 amide bonds. The van der Waals surface area contributed by atoms with Crippen LogP contribution in [-0.4, -0.2) is 59.3 Å². The lowest BCUT2D eigenvalue weighted by molar-refractivity contribution is -0.134. The molecule has 35 heavy (non-hydrogen) atoms. The van der Waals surface area contributed by atoms with E-state index >= 15 is 0 Å². The third-order valence-corrected chi connectivity index (χ3v) is 8.22. The summed E-state index contributed by atoms with van der Waals surface area (Å²) in [6.07, 6.45) is 3.04. The normalized spacial score (nSPS) is 15.4. The van der Waals surface area contributed by atoms with E-state index in [0.717, 1.165) is 22.6 Å². The van der Waals surface area contributed by atoms with Gasteiger partial charge in [0, 0.05) is 55.0 Å². The zero-order valence-corrected chi connectivity index (χ0v) is 20.5. The third kappa shape index (κ3) is 4.58. The van der Waals surface area contributed by atoms with Crippen LogP contribution in [0.3, 0.4) is 0 Å². The molecule has 12 heteroatoms. The highest BCUT2D eigenvalue weighted by molar-refractivity contribution is 7.93. The molecule has 4 aromatic rings. The minimum absolute atomic E-state index is 0.0606. The molecular formula is C23H23FN6O3S2. The third-order valence-electron chi connectivity index (χ3n) is 6.15. The van der Waals surface area contributed by atoms with E-state index in [1.54, 1.807) is 52.9 Å². The number of rotatable bonds is 6. The van der Waals surface area contributed by atoms with Crippen molar-refractivity contribution in [3.05, 3.63) is 66.9 Å². The lowest BCUT2D eigenvalue weighted by Gasteiger charge is -2.37. The van der Waals surface area contributed by atoms with Gasteiger partial charge in [0.1, 0.15) is 18.2 Å². The number of nitrogens with one attached hydrogen (secondary N) is 1. The molecule has 1 aliphatic heterocycles. The molecule has 2 aromatic heterocycles. The first-order valence-electron chi connectivity index (χ1n) is 11.0. The van der Waals surface area contributed by atoms with Crippen LogP contribution in [0.4, 0.5) is 15.2 Å². The number of fused-ring (bicyclic) bond motifs is 1. The lowest BCUT2D eigenvalue weighted by atomic mass is 10.2. The SMILES string of the molecule is C[C@H](C(=O)N1CCN(c2ccc(S(=O)(=O)Nc3ncns3)cc2)CC1)n1ccc2cccc(F)c21. The molecule has 182 valence electrons. The highest BCUT2D eigenvalue weighted by Crippen LogP contribution is 2.26. The standard InChI is InChI=1S/C23H23FN6O3S2/c1-16(30-10-9-17-3-2-4-20(24)21(17)30)22(31)29-13-11-28(12-14-29)18-5-7-19(8-6-18)35(32,33)27-23-25-15-26-34-23/h2-10,15-16H,11-14H2,1H3,(H,25,26,27)/t16-/m1/s1. The maximum Gasteiger partial charge on any atom is 0.263 e. The predicted molar refractivity (Wildman–Crippen MR) is 133 cm³/mol. The summed E-state index contributed by atoms with van der Waals surface area (Å²) in [4.78, 5) is 21.0. The molecule has 0 aliphatic carbocycles. The lowest BCUT2D eigenvalue weighted by Crippen LogP contribution is -2.50. The van der Waals surface area contributed by atoms with E-state index in [9.17, 15) is 17.6 Å². The van der Waals surface area contributed by atoms with Crippen molar-refractivity contribution in [1.82, 2.24) is 18.8 Å². The minimum atomic E-state index is -3.74. The molecule has 0 radical (unpaired) electrons. The Kier molecular flexibility index (Phi) is 6.15. The van der Waals surface area contributed by atoms with Gasteiger partial charge in [-0.25, -0.2) is 17.8 Å². The maximum absolute atomic E-state index is 14.4. The van der Waals surface area contributed by atoms with E-state index < -0.39 is 16.1 Å². The monoisotopic (exact) mass is 514 g/mol. The number of nitrogens with zero attached hydrogens (tertiary/aromatic N) is 5. The summed E-state index contributed by atoms with van der Waals surface area (Å²) in [5.74, 6) is -0.407. The Morgan fingerprint density at radius 1 is 1.09 bits per heavy atom. The molecule has 1 saturated heterocycles. The van der Waals surface area contributed by atoms with Crippen LogP contribution < -0.4 is 9.62 Å². The van der Waals surface area contributed by atoms with E-state index in [1.165, 1.54) is 12.4 Å². The molecule has 1 N–H and O–H groups in total. The number of carbonyl (C=O) groups excluding carboxylic acids is 1. The molecule has 3 heterocycles. The fraction of sp³-hybridized carbons (Fsp3) is 0.261. The topological polar surface area (TPSA) is 100 Å². The summed E-state index contributed by atoms with van der Waals surface area (Å²) in [7, 11) is -3.74. The summed E-state index contributed by atoms with van der Waals surface area (Å²) in [5, 5.41) is 0.971. The zero-order chi connectivity index (χ0) is 24.6. The Morgan fingerprint density at radius 2 is 1.83 bits per heavy atom. The number of aromatic nitrogens is 3. The minimum Gasteiger partial charge on any atom is -0.368 e. The van der Waals surface area contributed by atoms with Gasteiger partial charge in [0.15, 0.2) is 0 Å². The fourth-order valence-electron chi connectivity index (χ4n) is 4.29. The number of benzene rings is 2. The van der Waals surface area contributed by atoms with Crippen molar-refractivity contribution in [3.63, 3.8) is 0 Å². The number of piperazine rings is 1. The Hall–Kier alpha value is -3.51. The summed E-state index contributed by atoms with van der Waals surface area (Å²) < 4.78 is 47.3. The smallest absolute Gasteiger partial charge is 0.263 e. The van der Waals surface area contributed by atoms with E-state index in [-0.39, 0.29) is 21.8 Å². The van der Waals surface area contributed by atoms with Crippen LogP contribution in [0.2, 0.25) is 0 Å². The Bertz CT molecular complexity index is 1450. The number of hydrogen-bond donors (Lipinski definition) is 1. The van der Waals surface area contributed by atoms with Gasteiger partial charge in [0.25, 0.3) is 10.0 Å². The van der Waals surface area contributed by atoms with Crippen LogP contribution in [0, 0.1) is 5.82 Å². The Morgan fingerprint density at radius 3 is 2.51 bits per heavy atom. The summed E-state index contributed by atoms with van der Waals surface area (Å²) in [6.45, 7) is 4.03. The first-order valence-corrected chi connectivity index (χ1v) is 13.3. The average Bonchev–Trinajstić information content (AvgIpc) is 3.54. The zero-order valence-electron chi connectivity index (χ0n) is 18.8. The van der Waals surface area contributed by atoms with Crippen LogP contribution in [0.5, 0.6) is 0 Å². The van der Waals surface area contributed by atoms with Gasteiger partial charge < -0.3 is 14.4 Å². The van der Waals surface area contributed by atoms with Gasteiger partial charge >= 0.3 is 0 Å². The van der Waals surface area contributed by atoms with Gasteiger partial charge in [-0.3, -0.25) is 9.52 Å². The van der Waals surface area contributed by atoms with Gasteiger partial charge in [0.2, 0.25) is 11.0 Å². The van der Waals surface area contributed by atoms with Crippen molar-refractivity contribution in [2.45, 2.75) is 17.9 Å². The van der Waals surface area contributed by atoms with Gasteiger partial charge in [-0.1, -0.05) is 12.1 Å². The van der Waals surface area contributed by atoms with Crippen molar-refractivity contribution in [2.75, 3.05) is 35.8 Å². The van der Waals surface area contributed by atoms with Crippen molar-refractivity contribution >= 4 is 49.2 Å². The molecule has 0 bridgehead atoms. The number of anilines is 2.